The van der Waals surface area contributed by atoms with Gasteiger partial charge in [0.15, 0.2) is 0 Å². The van der Waals surface area contributed by atoms with Crippen LogP contribution in [0.25, 0.3) is 10.4 Å². The van der Waals surface area contributed by atoms with Crippen LogP contribution in [-0.2, 0) is 10.0 Å². The van der Waals surface area contributed by atoms with Crippen molar-refractivity contribution in [3.8, 4) is 10.4 Å². The second-order valence-corrected chi connectivity index (χ2v) is 13.2. The molecular formula is C27H29ClN2O4S2. The largest absolute Gasteiger partial charge is 0.478 e. The van der Waals surface area contributed by atoms with Crippen LogP contribution in [0, 0.1) is 12.8 Å². The molecule has 0 saturated heterocycles. The summed E-state index contributed by atoms with van der Waals surface area (Å²) in [6.07, 6.45) is 5.46. The van der Waals surface area contributed by atoms with Crippen LogP contribution in [-0.4, -0.2) is 43.4 Å². The number of rotatable bonds is 4. The Kier molecular flexibility index (Phi) is 6.89. The van der Waals surface area contributed by atoms with Crippen molar-refractivity contribution in [1.82, 2.24) is 4.31 Å². The van der Waals surface area contributed by atoms with Crippen LogP contribution >= 0.6 is 22.9 Å². The summed E-state index contributed by atoms with van der Waals surface area (Å²) in [6.45, 7) is 2.28. The Morgan fingerprint density at radius 3 is 2.42 bits per heavy atom. The number of hydrogen-bond acceptors (Lipinski definition) is 5. The van der Waals surface area contributed by atoms with Gasteiger partial charge in [-0.3, -0.25) is 0 Å². The van der Waals surface area contributed by atoms with Gasteiger partial charge in [0.05, 0.1) is 16.3 Å². The Bertz CT molecular complexity index is 1400. The number of benzene rings is 2. The van der Waals surface area contributed by atoms with Gasteiger partial charge < -0.3 is 10.0 Å². The van der Waals surface area contributed by atoms with E-state index >= 15 is 0 Å². The first-order valence-corrected chi connectivity index (χ1v) is 14.8. The minimum Gasteiger partial charge on any atom is -0.478 e. The normalized spacial score (nSPS) is 20.6. The Morgan fingerprint density at radius 1 is 1.08 bits per heavy atom. The summed E-state index contributed by atoms with van der Waals surface area (Å²) < 4.78 is 29.7. The van der Waals surface area contributed by atoms with Gasteiger partial charge in [0.2, 0.25) is 10.0 Å². The second-order valence-electron chi connectivity index (χ2n) is 9.62. The first-order chi connectivity index (χ1) is 17.2. The third kappa shape index (κ3) is 4.45. The van der Waals surface area contributed by atoms with E-state index in [2.05, 4.69) is 4.90 Å². The number of nitrogens with zero attached hydrogens (tertiary/aromatic N) is 2. The lowest BCUT2D eigenvalue weighted by atomic mass is 9.83. The Hall–Kier alpha value is -2.39. The van der Waals surface area contributed by atoms with Gasteiger partial charge in [0, 0.05) is 40.6 Å². The van der Waals surface area contributed by atoms with E-state index in [0.717, 1.165) is 31.4 Å². The van der Waals surface area contributed by atoms with Crippen LogP contribution in [0.1, 0.15) is 47.3 Å². The van der Waals surface area contributed by atoms with Gasteiger partial charge in [0.25, 0.3) is 0 Å². The number of hydrogen-bond donors (Lipinski definition) is 1. The molecule has 1 aromatic heterocycles. The average Bonchev–Trinajstić information content (AvgIpc) is 3.23. The molecule has 0 radical (unpaired) electrons. The second kappa shape index (κ2) is 9.82. The summed E-state index contributed by atoms with van der Waals surface area (Å²) in [6, 6.07) is 14.6. The SMILES string of the molecule is Cc1sc(-c2cc3c(cc2Cl)N(c2ccccc2)C[C@@H](C2CCCCC2)N(C)S3(=O)=O)cc1C(=O)O. The molecule has 2 aliphatic rings. The van der Waals surface area contributed by atoms with Gasteiger partial charge in [-0.15, -0.1) is 11.3 Å². The molecule has 5 rings (SSSR count). The van der Waals surface area contributed by atoms with Crippen molar-refractivity contribution in [2.45, 2.75) is 50.0 Å². The lowest BCUT2D eigenvalue weighted by Gasteiger charge is -2.36. The molecule has 1 fully saturated rings. The number of carbonyl (C=O) groups is 1. The van der Waals surface area contributed by atoms with Crippen LogP contribution in [0.2, 0.25) is 5.02 Å². The molecule has 1 aliphatic carbocycles. The maximum Gasteiger partial charge on any atom is 0.336 e. The molecule has 1 atom stereocenters. The van der Waals surface area contributed by atoms with Crippen molar-refractivity contribution in [1.29, 1.82) is 0 Å². The highest BCUT2D eigenvalue weighted by atomic mass is 35.5. The quantitative estimate of drug-likeness (QED) is 0.391. The number of carboxylic acid groups (broad SMARTS) is 1. The van der Waals surface area contributed by atoms with E-state index in [1.165, 1.54) is 17.8 Å². The van der Waals surface area contributed by atoms with Crippen molar-refractivity contribution < 1.29 is 18.3 Å². The molecule has 0 spiro atoms. The smallest absolute Gasteiger partial charge is 0.336 e. The summed E-state index contributed by atoms with van der Waals surface area (Å²) in [4.78, 5) is 15.2. The van der Waals surface area contributed by atoms with Crippen molar-refractivity contribution in [2.75, 3.05) is 18.5 Å². The van der Waals surface area contributed by atoms with Crippen molar-refractivity contribution in [3.63, 3.8) is 0 Å². The number of halogens is 1. The van der Waals surface area contributed by atoms with Crippen LogP contribution < -0.4 is 4.90 Å². The van der Waals surface area contributed by atoms with E-state index in [9.17, 15) is 18.3 Å². The Morgan fingerprint density at radius 2 is 1.78 bits per heavy atom. The molecule has 1 N–H and O–H groups in total. The zero-order chi connectivity index (χ0) is 25.6. The van der Waals surface area contributed by atoms with Crippen molar-refractivity contribution >= 4 is 50.3 Å². The number of aryl methyl sites for hydroxylation is 1. The Labute approximate surface area is 221 Å². The number of anilines is 2. The third-order valence-electron chi connectivity index (χ3n) is 7.51. The predicted octanol–water partition coefficient (Wildman–Crippen LogP) is 6.80. The molecule has 0 bridgehead atoms. The fourth-order valence-electron chi connectivity index (χ4n) is 5.53. The molecule has 1 aliphatic heterocycles. The minimum atomic E-state index is -3.84. The highest BCUT2D eigenvalue weighted by molar-refractivity contribution is 7.89. The summed E-state index contributed by atoms with van der Waals surface area (Å²) in [5, 5.41) is 9.91. The molecule has 3 aromatic rings. The van der Waals surface area contributed by atoms with Crippen molar-refractivity contribution in [2.24, 2.45) is 5.92 Å². The number of likely N-dealkylation sites (N-methyl/N-ethyl adjacent to an activating group) is 1. The summed E-state index contributed by atoms with van der Waals surface area (Å²) >= 11 is 8.08. The molecule has 1 saturated carbocycles. The van der Waals surface area contributed by atoms with Gasteiger partial charge in [-0.1, -0.05) is 49.1 Å². The first kappa shape index (κ1) is 25.3. The zero-order valence-corrected chi connectivity index (χ0v) is 22.7. The number of aromatic carboxylic acids is 1. The molecular weight excluding hydrogens is 516 g/mol. The maximum absolute atomic E-state index is 14.1. The van der Waals surface area contributed by atoms with E-state index in [0.29, 0.717) is 32.6 Å². The number of thiophene rings is 1. The molecule has 2 aromatic carbocycles. The molecule has 0 amide bonds. The molecule has 36 heavy (non-hydrogen) atoms. The van der Waals surface area contributed by atoms with E-state index in [-0.39, 0.29) is 22.4 Å². The highest BCUT2D eigenvalue weighted by Crippen LogP contribution is 2.45. The summed E-state index contributed by atoms with van der Waals surface area (Å²) in [5.74, 6) is -0.731. The average molecular weight is 545 g/mol. The zero-order valence-electron chi connectivity index (χ0n) is 20.3. The van der Waals surface area contributed by atoms with E-state index < -0.39 is 16.0 Å². The maximum atomic E-state index is 14.1. The Balaban J connectivity index is 1.70. The summed E-state index contributed by atoms with van der Waals surface area (Å²) in [7, 11) is -2.15. The number of fused-ring (bicyclic) bond motifs is 1. The van der Waals surface area contributed by atoms with E-state index in [1.54, 1.807) is 36.5 Å². The molecule has 190 valence electrons. The lowest BCUT2D eigenvalue weighted by Crippen LogP contribution is -2.46. The van der Waals surface area contributed by atoms with E-state index in [4.69, 9.17) is 11.6 Å². The topological polar surface area (TPSA) is 77.9 Å². The minimum absolute atomic E-state index is 0.173. The molecule has 6 nitrogen and oxygen atoms in total. The fourth-order valence-corrected chi connectivity index (χ4v) is 8.49. The number of para-hydroxylation sites is 1. The first-order valence-electron chi connectivity index (χ1n) is 12.2. The van der Waals surface area contributed by atoms with E-state index in [1.807, 2.05) is 30.3 Å². The van der Waals surface area contributed by atoms with Gasteiger partial charge in [0.1, 0.15) is 4.90 Å². The number of sulfonamides is 1. The van der Waals surface area contributed by atoms with Gasteiger partial charge >= 0.3 is 5.97 Å². The summed E-state index contributed by atoms with van der Waals surface area (Å²) in [5.41, 5.74) is 2.18. The third-order valence-corrected chi connectivity index (χ3v) is 10.8. The molecule has 2 heterocycles. The fraction of sp³-hybridized carbons (Fsp3) is 0.370. The van der Waals surface area contributed by atoms with Crippen LogP contribution in [0.3, 0.4) is 0 Å². The predicted molar refractivity (Wildman–Crippen MR) is 145 cm³/mol. The standard InChI is InChI=1S/C27H29ClN2O4S2/c1-17-20(27(31)32)13-25(35-17)21-14-26-23(15-22(21)28)30(19-11-7-4-8-12-19)16-24(29(2)36(26,33)34)18-9-5-3-6-10-18/h4,7-8,11-15,18,24H,3,5-6,9-10,16H2,1-2H3,(H,31,32)/t24-/m0/s1. The van der Waals surface area contributed by atoms with Crippen LogP contribution in [0.5, 0.6) is 0 Å². The van der Waals surface area contributed by atoms with Crippen LogP contribution in [0.4, 0.5) is 11.4 Å². The van der Waals surface area contributed by atoms with Crippen molar-refractivity contribution in [3.05, 3.63) is 64.0 Å². The van der Waals surface area contributed by atoms with Gasteiger partial charge in [-0.05, 0) is 56.0 Å². The number of carboxylic acids is 1. The lowest BCUT2D eigenvalue weighted by molar-refractivity contribution is 0.0697. The van der Waals surface area contributed by atoms with Crippen LogP contribution in [0.15, 0.2) is 53.4 Å². The highest BCUT2D eigenvalue weighted by Gasteiger charge is 2.41. The monoisotopic (exact) mass is 544 g/mol. The van der Waals surface area contributed by atoms with Gasteiger partial charge in [-0.2, -0.15) is 4.31 Å². The molecule has 0 unspecified atom stereocenters. The molecule has 9 heteroatoms. The van der Waals surface area contributed by atoms with Gasteiger partial charge in [-0.25, -0.2) is 13.2 Å².